The van der Waals surface area contributed by atoms with Crippen molar-refractivity contribution in [3.63, 3.8) is 0 Å². The van der Waals surface area contributed by atoms with E-state index < -0.39 is 0 Å². The predicted octanol–water partition coefficient (Wildman–Crippen LogP) is 5.91. The fourth-order valence-electron chi connectivity index (χ4n) is 4.94. The number of rotatable bonds is 6. The minimum Gasteiger partial charge on any atom is -0.459 e. The predicted molar refractivity (Wildman–Crippen MR) is 93.7 cm³/mol. The third-order valence-electron chi connectivity index (χ3n) is 6.16. The van der Waals surface area contributed by atoms with Crippen LogP contribution in [0, 0.1) is 16.2 Å². The SMILES string of the molecule is C=C(C)C(=O)OC(C)CC1(CCC)C(C)(C)CCCC1(C)C. The summed E-state index contributed by atoms with van der Waals surface area (Å²) in [5.41, 5.74) is 1.24. The Kier molecular flexibility index (Phi) is 5.92. The molecule has 0 aromatic heterocycles. The van der Waals surface area contributed by atoms with Crippen LogP contribution in [-0.4, -0.2) is 12.1 Å². The maximum atomic E-state index is 11.9. The van der Waals surface area contributed by atoms with Gasteiger partial charge in [0.1, 0.15) is 0 Å². The van der Waals surface area contributed by atoms with Crippen molar-refractivity contribution < 1.29 is 9.53 Å². The van der Waals surface area contributed by atoms with Gasteiger partial charge in [-0.15, -0.1) is 0 Å². The quantitative estimate of drug-likeness (QED) is 0.450. The van der Waals surface area contributed by atoms with Gasteiger partial charge in [0.25, 0.3) is 0 Å². The van der Waals surface area contributed by atoms with Gasteiger partial charge < -0.3 is 4.74 Å². The Balaban J connectivity index is 3.07. The highest BCUT2D eigenvalue weighted by Gasteiger charge is 2.56. The van der Waals surface area contributed by atoms with Gasteiger partial charge in [0.2, 0.25) is 0 Å². The Morgan fingerprint density at radius 1 is 1.18 bits per heavy atom. The van der Waals surface area contributed by atoms with Crippen molar-refractivity contribution >= 4 is 5.97 Å². The van der Waals surface area contributed by atoms with Gasteiger partial charge in [-0.25, -0.2) is 4.79 Å². The lowest BCUT2D eigenvalue weighted by Gasteiger charge is -2.61. The van der Waals surface area contributed by atoms with E-state index in [0.717, 1.165) is 6.42 Å². The summed E-state index contributed by atoms with van der Waals surface area (Å²) < 4.78 is 5.63. The maximum Gasteiger partial charge on any atom is 0.333 e. The first kappa shape index (κ1) is 19.3. The summed E-state index contributed by atoms with van der Waals surface area (Å²) >= 11 is 0. The van der Waals surface area contributed by atoms with Crippen LogP contribution in [0.1, 0.15) is 87.0 Å². The van der Waals surface area contributed by atoms with Crippen molar-refractivity contribution in [3.05, 3.63) is 12.2 Å². The van der Waals surface area contributed by atoms with Crippen molar-refractivity contribution in [2.24, 2.45) is 16.2 Å². The highest BCUT2D eigenvalue weighted by Crippen LogP contribution is 2.64. The molecule has 0 bridgehead atoms. The molecule has 2 nitrogen and oxygen atoms in total. The lowest BCUT2D eigenvalue weighted by Crippen LogP contribution is -2.53. The molecule has 1 fully saturated rings. The molecule has 1 saturated carbocycles. The summed E-state index contributed by atoms with van der Waals surface area (Å²) in [5.74, 6) is -0.259. The van der Waals surface area contributed by atoms with E-state index in [1.807, 2.05) is 6.92 Å². The Morgan fingerprint density at radius 3 is 2.09 bits per heavy atom. The molecule has 0 amide bonds. The number of hydrogen-bond donors (Lipinski definition) is 0. The van der Waals surface area contributed by atoms with E-state index in [-0.39, 0.29) is 28.3 Å². The molecule has 1 aliphatic rings. The number of ether oxygens (including phenoxy) is 1. The highest BCUT2D eigenvalue weighted by molar-refractivity contribution is 5.87. The first-order chi connectivity index (χ1) is 9.99. The largest absolute Gasteiger partial charge is 0.459 e. The molecule has 0 aromatic carbocycles. The van der Waals surface area contributed by atoms with Crippen LogP contribution in [0.4, 0.5) is 0 Å². The van der Waals surface area contributed by atoms with Crippen LogP contribution in [0.3, 0.4) is 0 Å². The Bertz CT molecular complexity index is 401. The zero-order chi connectivity index (χ0) is 17.2. The average Bonchev–Trinajstić information content (AvgIpc) is 2.35. The molecule has 22 heavy (non-hydrogen) atoms. The molecular weight excluding hydrogens is 272 g/mol. The van der Waals surface area contributed by atoms with Crippen LogP contribution >= 0.6 is 0 Å². The van der Waals surface area contributed by atoms with E-state index in [4.69, 9.17) is 4.74 Å². The minimum atomic E-state index is -0.259. The molecule has 0 aliphatic heterocycles. The third kappa shape index (κ3) is 3.58. The van der Waals surface area contributed by atoms with Crippen molar-refractivity contribution in [2.75, 3.05) is 0 Å². The Labute approximate surface area is 137 Å². The average molecular weight is 309 g/mol. The summed E-state index contributed by atoms with van der Waals surface area (Å²) in [5, 5.41) is 0. The van der Waals surface area contributed by atoms with Crippen LogP contribution in [-0.2, 0) is 9.53 Å². The number of carbonyl (C=O) groups is 1. The van der Waals surface area contributed by atoms with E-state index in [2.05, 4.69) is 41.2 Å². The number of carbonyl (C=O) groups excluding carboxylic acids is 1. The molecule has 2 heteroatoms. The van der Waals surface area contributed by atoms with Gasteiger partial charge in [-0.1, -0.05) is 54.0 Å². The molecule has 0 heterocycles. The Hall–Kier alpha value is -0.790. The zero-order valence-corrected chi connectivity index (χ0v) is 15.8. The molecule has 0 N–H and O–H groups in total. The first-order valence-electron chi connectivity index (χ1n) is 8.85. The van der Waals surface area contributed by atoms with Crippen LogP contribution in [0.2, 0.25) is 0 Å². The molecular formula is C20H36O2. The molecule has 1 rings (SSSR count). The molecule has 0 saturated heterocycles. The van der Waals surface area contributed by atoms with Crippen LogP contribution in [0.15, 0.2) is 12.2 Å². The number of esters is 1. The van der Waals surface area contributed by atoms with Crippen LogP contribution < -0.4 is 0 Å². The summed E-state index contributed by atoms with van der Waals surface area (Å²) in [4.78, 5) is 11.9. The minimum absolute atomic E-state index is 0.0626. The monoisotopic (exact) mass is 308 g/mol. The van der Waals surface area contributed by atoms with Crippen LogP contribution in [0.25, 0.3) is 0 Å². The van der Waals surface area contributed by atoms with Crippen molar-refractivity contribution in [3.8, 4) is 0 Å². The molecule has 1 atom stereocenters. The van der Waals surface area contributed by atoms with E-state index >= 15 is 0 Å². The van der Waals surface area contributed by atoms with Gasteiger partial charge in [0.15, 0.2) is 0 Å². The zero-order valence-electron chi connectivity index (χ0n) is 15.8. The molecule has 1 aliphatic carbocycles. The van der Waals surface area contributed by atoms with E-state index in [1.54, 1.807) is 6.92 Å². The van der Waals surface area contributed by atoms with Crippen molar-refractivity contribution in [1.29, 1.82) is 0 Å². The number of hydrogen-bond acceptors (Lipinski definition) is 2. The molecule has 1 unspecified atom stereocenters. The van der Waals surface area contributed by atoms with Crippen LogP contribution in [0.5, 0.6) is 0 Å². The molecule has 0 radical (unpaired) electrons. The molecule has 0 spiro atoms. The van der Waals surface area contributed by atoms with Gasteiger partial charge in [0.05, 0.1) is 6.10 Å². The standard InChI is InChI=1S/C20H36O2/c1-9-11-20(14-16(4)22-17(21)15(2)3)18(5,6)12-10-13-19(20,7)8/h16H,2,9-14H2,1,3-8H3. The van der Waals surface area contributed by atoms with Gasteiger partial charge >= 0.3 is 5.97 Å². The second kappa shape index (κ2) is 6.76. The van der Waals surface area contributed by atoms with Crippen molar-refractivity contribution in [2.45, 2.75) is 93.1 Å². The smallest absolute Gasteiger partial charge is 0.333 e. The van der Waals surface area contributed by atoms with E-state index in [1.165, 1.54) is 32.1 Å². The van der Waals surface area contributed by atoms with Gasteiger partial charge in [-0.05, 0) is 55.8 Å². The Morgan fingerprint density at radius 2 is 1.68 bits per heavy atom. The van der Waals surface area contributed by atoms with Gasteiger partial charge in [-0.2, -0.15) is 0 Å². The highest BCUT2D eigenvalue weighted by atomic mass is 16.5. The van der Waals surface area contributed by atoms with Gasteiger partial charge in [0, 0.05) is 5.57 Å². The second-order valence-electron chi connectivity index (χ2n) is 8.65. The van der Waals surface area contributed by atoms with E-state index in [9.17, 15) is 4.79 Å². The fourth-order valence-corrected chi connectivity index (χ4v) is 4.94. The summed E-state index contributed by atoms with van der Waals surface area (Å²) in [6.07, 6.45) is 7.07. The van der Waals surface area contributed by atoms with E-state index in [0.29, 0.717) is 5.57 Å². The normalized spacial score (nSPS) is 23.6. The van der Waals surface area contributed by atoms with Crippen molar-refractivity contribution in [1.82, 2.24) is 0 Å². The summed E-state index contributed by atoms with van der Waals surface area (Å²) in [6.45, 7) is 19.4. The molecule has 0 aromatic rings. The summed E-state index contributed by atoms with van der Waals surface area (Å²) in [7, 11) is 0. The first-order valence-corrected chi connectivity index (χ1v) is 8.85. The summed E-state index contributed by atoms with van der Waals surface area (Å²) in [6, 6.07) is 0. The fraction of sp³-hybridized carbons (Fsp3) is 0.850. The third-order valence-corrected chi connectivity index (χ3v) is 6.16. The molecule has 128 valence electrons. The maximum absolute atomic E-state index is 11.9. The van der Waals surface area contributed by atoms with Gasteiger partial charge in [-0.3, -0.25) is 0 Å². The lowest BCUT2D eigenvalue weighted by atomic mass is 9.44. The topological polar surface area (TPSA) is 26.3 Å². The second-order valence-corrected chi connectivity index (χ2v) is 8.65. The lowest BCUT2D eigenvalue weighted by molar-refractivity contribution is -0.157.